The number of hydrogen-bond acceptors (Lipinski definition) is 8. The lowest BCUT2D eigenvalue weighted by Crippen LogP contribution is -2.42. The molecule has 0 spiro atoms. The molecule has 0 amide bonds. The van der Waals surface area contributed by atoms with E-state index in [9.17, 15) is 24.0 Å². The maximum absolute atomic E-state index is 10.7. The van der Waals surface area contributed by atoms with Crippen LogP contribution in [0, 0.1) is 0 Å². The Hall–Kier alpha value is -1.77. The molecule has 8 nitrogen and oxygen atoms in total. The molecule has 8 heteroatoms. The number of carbonyl (C=O) groups excluding carboxylic acids is 5. The quantitative estimate of drug-likeness (QED) is 0.299. The van der Waals surface area contributed by atoms with Gasteiger partial charge in [0.1, 0.15) is 31.4 Å². The summed E-state index contributed by atoms with van der Waals surface area (Å²) in [6.07, 6.45) is 3.67. The van der Waals surface area contributed by atoms with E-state index in [1.165, 1.54) is 0 Å². The van der Waals surface area contributed by atoms with Gasteiger partial charge in [-0.2, -0.15) is 0 Å². The molecule has 0 heterocycles. The molecule has 22 heavy (non-hydrogen) atoms. The van der Waals surface area contributed by atoms with E-state index in [2.05, 4.69) is 0 Å². The van der Waals surface area contributed by atoms with Crippen LogP contribution in [0.15, 0.2) is 0 Å². The Morgan fingerprint density at radius 3 is 0.909 bits per heavy atom. The zero-order valence-corrected chi connectivity index (χ0v) is 12.6. The number of hydrogen-bond donors (Lipinski definition) is 0. The van der Waals surface area contributed by atoms with Gasteiger partial charge in [-0.3, -0.25) is 14.7 Å². The summed E-state index contributed by atoms with van der Waals surface area (Å²) in [7, 11) is 0. The summed E-state index contributed by atoms with van der Waals surface area (Å²) < 4.78 is 0. The Morgan fingerprint density at radius 2 is 0.636 bits per heavy atom. The molecular formula is C14H23N3O5. The number of nitrogens with zero attached hydrogens (tertiary/aromatic N) is 3. The van der Waals surface area contributed by atoms with E-state index in [1.807, 2.05) is 4.90 Å². The van der Waals surface area contributed by atoms with Crippen LogP contribution in [0.2, 0.25) is 0 Å². The zero-order valence-electron chi connectivity index (χ0n) is 12.6. The fraction of sp³-hybridized carbons (Fsp3) is 0.643. The molecule has 0 radical (unpaired) electrons. The predicted molar refractivity (Wildman–Crippen MR) is 79.6 cm³/mol. The SMILES string of the molecule is O=CCN(CC=O)CCN(CC=O)CCN(CC=O)CC=O. The third kappa shape index (κ3) is 10.0. The molecule has 0 saturated heterocycles. The molecule has 0 rings (SSSR count). The van der Waals surface area contributed by atoms with Crippen LogP contribution >= 0.6 is 0 Å². The highest BCUT2D eigenvalue weighted by Crippen LogP contribution is 1.93. The van der Waals surface area contributed by atoms with Crippen molar-refractivity contribution in [1.82, 2.24) is 14.7 Å². The van der Waals surface area contributed by atoms with Crippen LogP contribution in [0.3, 0.4) is 0 Å². The molecule has 0 aromatic rings. The van der Waals surface area contributed by atoms with Crippen molar-refractivity contribution >= 4 is 31.4 Å². The predicted octanol–water partition coefficient (Wildman–Crippen LogP) is -2.11. The lowest BCUT2D eigenvalue weighted by atomic mass is 10.3. The van der Waals surface area contributed by atoms with Crippen LogP contribution < -0.4 is 0 Å². The van der Waals surface area contributed by atoms with Crippen LogP contribution in [-0.4, -0.2) is 105 Å². The first-order chi connectivity index (χ1) is 10.7. The summed E-state index contributed by atoms with van der Waals surface area (Å²) in [5.41, 5.74) is 0. The van der Waals surface area contributed by atoms with Gasteiger partial charge >= 0.3 is 0 Å². The van der Waals surface area contributed by atoms with Crippen molar-refractivity contribution in [3.8, 4) is 0 Å². The van der Waals surface area contributed by atoms with E-state index in [0.717, 1.165) is 31.4 Å². The van der Waals surface area contributed by atoms with Gasteiger partial charge in [-0.1, -0.05) is 0 Å². The van der Waals surface area contributed by atoms with Gasteiger partial charge < -0.3 is 24.0 Å². The standard InChI is InChI=1S/C14H23N3O5/c18-10-5-15(1-3-16(6-11-19)7-12-20)2-4-17(8-13-21)9-14-22/h10-14H,1-9H2. The maximum Gasteiger partial charge on any atom is 0.133 e. The molecule has 0 bridgehead atoms. The van der Waals surface area contributed by atoms with Gasteiger partial charge in [0.25, 0.3) is 0 Å². The van der Waals surface area contributed by atoms with E-state index in [4.69, 9.17) is 0 Å². The van der Waals surface area contributed by atoms with E-state index in [0.29, 0.717) is 26.2 Å². The van der Waals surface area contributed by atoms with Crippen LogP contribution in [0.25, 0.3) is 0 Å². The van der Waals surface area contributed by atoms with Crippen molar-refractivity contribution < 1.29 is 24.0 Å². The van der Waals surface area contributed by atoms with Crippen LogP contribution in [0.1, 0.15) is 0 Å². The number of carbonyl (C=O) groups is 5. The summed E-state index contributed by atoms with van der Waals surface area (Å²) >= 11 is 0. The molecule has 0 aromatic carbocycles. The van der Waals surface area contributed by atoms with Crippen molar-refractivity contribution in [2.75, 3.05) is 58.9 Å². The Kier molecular flexibility index (Phi) is 13.0. The van der Waals surface area contributed by atoms with Gasteiger partial charge in [0.2, 0.25) is 0 Å². The van der Waals surface area contributed by atoms with E-state index < -0.39 is 0 Å². The zero-order chi connectivity index (χ0) is 16.6. The van der Waals surface area contributed by atoms with Crippen molar-refractivity contribution in [3.05, 3.63) is 0 Å². The molecule has 0 saturated carbocycles. The third-order valence-electron chi connectivity index (χ3n) is 3.13. The topological polar surface area (TPSA) is 95.1 Å². The smallest absolute Gasteiger partial charge is 0.133 e. The normalized spacial score (nSPS) is 10.9. The maximum atomic E-state index is 10.7. The molecule has 0 N–H and O–H groups in total. The minimum atomic E-state index is 0.163. The van der Waals surface area contributed by atoms with Gasteiger partial charge in [-0.25, -0.2) is 0 Å². The van der Waals surface area contributed by atoms with E-state index in [-0.39, 0.29) is 32.7 Å². The Balaban J connectivity index is 4.34. The first-order valence-corrected chi connectivity index (χ1v) is 7.07. The first kappa shape index (κ1) is 20.2. The fourth-order valence-electron chi connectivity index (χ4n) is 1.90. The lowest BCUT2D eigenvalue weighted by Gasteiger charge is -2.26. The minimum absolute atomic E-state index is 0.163. The van der Waals surface area contributed by atoms with Crippen molar-refractivity contribution in [2.24, 2.45) is 0 Å². The second kappa shape index (κ2) is 14.2. The van der Waals surface area contributed by atoms with Gasteiger partial charge in [0, 0.05) is 26.2 Å². The van der Waals surface area contributed by atoms with Gasteiger partial charge in [-0.15, -0.1) is 0 Å². The number of aldehydes is 5. The molecule has 0 unspecified atom stereocenters. The van der Waals surface area contributed by atoms with Gasteiger partial charge in [0.05, 0.1) is 32.7 Å². The highest BCUT2D eigenvalue weighted by molar-refractivity contribution is 5.56. The molecule has 0 aliphatic rings. The average Bonchev–Trinajstić information content (AvgIpc) is 2.50. The van der Waals surface area contributed by atoms with Gasteiger partial charge in [0.15, 0.2) is 0 Å². The van der Waals surface area contributed by atoms with Crippen molar-refractivity contribution in [3.63, 3.8) is 0 Å². The number of rotatable bonds is 16. The first-order valence-electron chi connectivity index (χ1n) is 7.07. The highest BCUT2D eigenvalue weighted by atomic mass is 16.1. The highest BCUT2D eigenvalue weighted by Gasteiger charge is 2.11. The molecule has 0 atom stereocenters. The fourth-order valence-corrected chi connectivity index (χ4v) is 1.90. The second-order valence-corrected chi connectivity index (χ2v) is 4.65. The summed E-state index contributed by atoms with van der Waals surface area (Å²) in [5.74, 6) is 0. The summed E-state index contributed by atoms with van der Waals surface area (Å²) in [4.78, 5) is 58.0. The van der Waals surface area contributed by atoms with Crippen molar-refractivity contribution in [2.45, 2.75) is 0 Å². The summed E-state index contributed by atoms with van der Waals surface area (Å²) in [6.45, 7) is 2.84. The molecule has 0 aliphatic heterocycles. The van der Waals surface area contributed by atoms with Crippen LogP contribution in [0.5, 0.6) is 0 Å². The molecule has 0 fully saturated rings. The molecular weight excluding hydrogens is 290 g/mol. The molecule has 124 valence electrons. The Labute approximate surface area is 130 Å². The van der Waals surface area contributed by atoms with Crippen LogP contribution in [0.4, 0.5) is 0 Å². The largest absolute Gasteiger partial charge is 0.302 e. The minimum Gasteiger partial charge on any atom is -0.302 e. The molecule has 0 aliphatic carbocycles. The van der Waals surface area contributed by atoms with E-state index in [1.54, 1.807) is 9.80 Å². The van der Waals surface area contributed by atoms with Crippen molar-refractivity contribution in [1.29, 1.82) is 0 Å². The Bertz CT molecular complexity index is 303. The molecule has 0 aromatic heterocycles. The summed E-state index contributed by atoms with van der Waals surface area (Å²) in [5, 5.41) is 0. The summed E-state index contributed by atoms with van der Waals surface area (Å²) in [6, 6.07) is 0. The lowest BCUT2D eigenvalue weighted by molar-refractivity contribution is -0.112. The van der Waals surface area contributed by atoms with E-state index >= 15 is 0 Å². The monoisotopic (exact) mass is 313 g/mol. The Morgan fingerprint density at radius 1 is 0.409 bits per heavy atom. The average molecular weight is 313 g/mol. The second-order valence-electron chi connectivity index (χ2n) is 4.65. The van der Waals surface area contributed by atoms with Gasteiger partial charge in [-0.05, 0) is 0 Å². The third-order valence-corrected chi connectivity index (χ3v) is 3.13. The van der Waals surface area contributed by atoms with Crippen LogP contribution in [-0.2, 0) is 24.0 Å².